The summed E-state index contributed by atoms with van der Waals surface area (Å²) in [6, 6.07) is 10.2. The summed E-state index contributed by atoms with van der Waals surface area (Å²) in [6.07, 6.45) is 9.46. The Morgan fingerprint density at radius 2 is 1.77 bits per heavy atom. The van der Waals surface area contributed by atoms with Crippen molar-refractivity contribution < 1.29 is 19.4 Å². The molecular weight excluding hydrogens is 525 g/mol. The second kappa shape index (κ2) is 13.8. The largest absolute Gasteiger partial charge is 0.478 e. The number of carboxylic acid groups (broad SMARTS) is 1. The number of hydrogen-bond donors (Lipinski definition) is 3. The van der Waals surface area contributed by atoms with Crippen molar-refractivity contribution in [2.24, 2.45) is 23.7 Å². The number of benzene rings is 2. The summed E-state index contributed by atoms with van der Waals surface area (Å²) in [7, 11) is 0. The SMILES string of the molecule is C=C(Nc1ccc(C(=O)O)cc1)[C@H](CC1CCC(C)(O)CC1)C(C)/C=C\C(c1c(CC)ccc(Cl)c1F)C(C)C. The lowest BCUT2D eigenvalue weighted by molar-refractivity contribution is 0.00482. The van der Waals surface area contributed by atoms with E-state index in [0.29, 0.717) is 11.5 Å². The zero-order chi connectivity index (χ0) is 29.6. The standard InChI is InChI=1S/C34H45ClFNO3/c1-7-25-11-15-30(35)32(36)31(25)28(21(2)3)14-8-22(4)29(20-24-16-18-34(6,40)19-17-24)23(5)37-27-12-9-26(10-13-27)33(38)39/h8-15,21-22,24,28-29,37,40H,5,7,16-20H2,1-4,6H3,(H,38,39)/b14-8-/t22?,24?,28?,29-,34?/m1/s1. The summed E-state index contributed by atoms with van der Waals surface area (Å²) in [6.45, 7) is 14.7. The fourth-order valence-corrected chi connectivity index (χ4v) is 6.06. The van der Waals surface area contributed by atoms with Crippen LogP contribution in [0.15, 0.2) is 60.8 Å². The second-order valence-corrected chi connectivity index (χ2v) is 12.5. The van der Waals surface area contributed by atoms with Crippen molar-refractivity contribution in [2.75, 3.05) is 5.32 Å². The zero-order valence-corrected chi connectivity index (χ0v) is 25.3. The molecule has 3 atom stereocenters. The minimum Gasteiger partial charge on any atom is -0.478 e. The summed E-state index contributed by atoms with van der Waals surface area (Å²) < 4.78 is 15.3. The first-order chi connectivity index (χ1) is 18.8. The van der Waals surface area contributed by atoms with Gasteiger partial charge in [0, 0.05) is 23.2 Å². The Balaban J connectivity index is 1.87. The van der Waals surface area contributed by atoms with Crippen LogP contribution in [-0.4, -0.2) is 21.8 Å². The van der Waals surface area contributed by atoms with E-state index in [2.05, 4.69) is 44.8 Å². The van der Waals surface area contributed by atoms with E-state index in [4.69, 9.17) is 11.6 Å². The average molecular weight is 570 g/mol. The summed E-state index contributed by atoms with van der Waals surface area (Å²) in [5.41, 5.74) is 2.94. The van der Waals surface area contributed by atoms with Crippen molar-refractivity contribution in [3.8, 4) is 0 Å². The minimum atomic E-state index is -0.961. The lowest BCUT2D eigenvalue weighted by Crippen LogP contribution is -2.32. The lowest BCUT2D eigenvalue weighted by atomic mass is 9.73. The lowest BCUT2D eigenvalue weighted by Gasteiger charge is -2.36. The van der Waals surface area contributed by atoms with Crippen molar-refractivity contribution in [1.29, 1.82) is 0 Å². The fourth-order valence-electron chi connectivity index (χ4n) is 5.90. The van der Waals surface area contributed by atoms with Crippen molar-refractivity contribution in [2.45, 2.75) is 84.7 Å². The minimum absolute atomic E-state index is 0.0890. The van der Waals surface area contributed by atoms with Gasteiger partial charge in [-0.1, -0.05) is 64.1 Å². The van der Waals surface area contributed by atoms with E-state index in [0.717, 1.165) is 55.5 Å². The van der Waals surface area contributed by atoms with E-state index in [9.17, 15) is 15.0 Å². The van der Waals surface area contributed by atoms with Gasteiger partial charge in [-0.2, -0.15) is 0 Å². The molecule has 2 aromatic carbocycles. The van der Waals surface area contributed by atoms with Crippen molar-refractivity contribution in [1.82, 2.24) is 0 Å². The maximum Gasteiger partial charge on any atom is 0.335 e. The Morgan fingerprint density at radius 1 is 1.15 bits per heavy atom. The molecule has 6 heteroatoms. The Bertz CT molecular complexity index is 1190. The topological polar surface area (TPSA) is 69.6 Å². The summed E-state index contributed by atoms with van der Waals surface area (Å²) in [4.78, 5) is 11.3. The van der Waals surface area contributed by atoms with Gasteiger partial charge in [-0.15, -0.1) is 0 Å². The molecule has 0 radical (unpaired) electrons. The predicted molar refractivity (Wildman–Crippen MR) is 164 cm³/mol. The van der Waals surface area contributed by atoms with E-state index < -0.39 is 11.6 Å². The molecule has 0 aromatic heterocycles. The number of carbonyl (C=O) groups is 1. The Kier molecular flexibility index (Phi) is 11.0. The van der Waals surface area contributed by atoms with Gasteiger partial charge in [0.05, 0.1) is 16.2 Å². The van der Waals surface area contributed by atoms with Crippen LogP contribution in [0, 0.1) is 29.5 Å². The number of aromatic carboxylic acids is 1. The number of allylic oxidation sites excluding steroid dienone is 3. The quantitative estimate of drug-likeness (QED) is 0.223. The molecule has 1 aliphatic rings. The van der Waals surface area contributed by atoms with E-state index in [1.54, 1.807) is 30.3 Å². The fraction of sp³-hybridized carbons (Fsp3) is 0.500. The van der Waals surface area contributed by atoms with Crippen LogP contribution >= 0.6 is 11.6 Å². The number of halogens is 2. The highest BCUT2D eigenvalue weighted by molar-refractivity contribution is 6.30. The molecule has 3 rings (SSSR count). The molecule has 1 fully saturated rings. The summed E-state index contributed by atoms with van der Waals surface area (Å²) in [5, 5.41) is 23.3. The Hall–Kier alpha value is -2.63. The van der Waals surface area contributed by atoms with Gasteiger partial charge in [-0.05, 0) is 105 Å². The number of nitrogens with one attached hydrogen (secondary N) is 1. The molecule has 0 saturated heterocycles. The van der Waals surface area contributed by atoms with E-state index in [1.807, 2.05) is 19.9 Å². The number of carboxylic acids is 1. The molecule has 0 amide bonds. The third-order valence-corrected chi connectivity index (χ3v) is 8.86. The van der Waals surface area contributed by atoms with E-state index in [1.165, 1.54) is 0 Å². The monoisotopic (exact) mass is 569 g/mol. The van der Waals surface area contributed by atoms with Gasteiger partial charge in [0.1, 0.15) is 5.82 Å². The molecular formula is C34H45ClFNO3. The summed E-state index contributed by atoms with van der Waals surface area (Å²) in [5.74, 6) is -0.579. The van der Waals surface area contributed by atoms with Crippen LogP contribution in [0.1, 0.15) is 94.1 Å². The van der Waals surface area contributed by atoms with Crippen LogP contribution < -0.4 is 5.32 Å². The van der Waals surface area contributed by atoms with Crippen LogP contribution in [0.25, 0.3) is 0 Å². The first-order valence-corrected chi connectivity index (χ1v) is 14.9. The van der Waals surface area contributed by atoms with Gasteiger partial charge in [-0.25, -0.2) is 9.18 Å². The van der Waals surface area contributed by atoms with Gasteiger partial charge in [0.2, 0.25) is 0 Å². The highest BCUT2D eigenvalue weighted by Gasteiger charge is 2.32. The molecule has 4 nitrogen and oxygen atoms in total. The normalized spacial score (nSPS) is 21.8. The number of aliphatic hydroxyl groups is 1. The molecule has 218 valence electrons. The first kappa shape index (κ1) is 31.9. The molecule has 0 spiro atoms. The maximum atomic E-state index is 15.3. The van der Waals surface area contributed by atoms with E-state index in [-0.39, 0.29) is 40.1 Å². The number of rotatable bonds is 12. The molecule has 2 aromatic rings. The highest BCUT2D eigenvalue weighted by atomic mass is 35.5. The van der Waals surface area contributed by atoms with Gasteiger partial charge in [0.15, 0.2) is 0 Å². The maximum absolute atomic E-state index is 15.3. The molecule has 40 heavy (non-hydrogen) atoms. The second-order valence-electron chi connectivity index (χ2n) is 12.1. The first-order valence-electron chi connectivity index (χ1n) is 14.5. The van der Waals surface area contributed by atoms with Gasteiger partial charge in [-0.3, -0.25) is 0 Å². The van der Waals surface area contributed by atoms with Gasteiger partial charge < -0.3 is 15.5 Å². The van der Waals surface area contributed by atoms with Crippen LogP contribution in [0.2, 0.25) is 5.02 Å². The third kappa shape index (κ3) is 8.20. The average Bonchev–Trinajstić information content (AvgIpc) is 2.90. The van der Waals surface area contributed by atoms with Crippen LogP contribution in [-0.2, 0) is 6.42 Å². The number of hydrogen-bond acceptors (Lipinski definition) is 3. The smallest absolute Gasteiger partial charge is 0.335 e. The van der Waals surface area contributed by atoms with E-state index >= 15 is 4.39 Å². The molecule has 0 bridgehead atoms. The zero-order valence-electron chi connectivity index (χ0n) is 24.5. The van der Waals surface area contributed by atoms with Crippen LogP contribution in [0.5, 0.6) is 0 Å². The third-order valence-electron chi connectivity index (χ3n) is 8.57. The molecule has 2 unspecified atom stereocenters. The molecule has 3 N–H and O–H groups in total. The highest BCUT2D eigenvalue weighted by Crippen LogP contribution is 2.40. The van der Waals surface area contributed by atoms with Crippen LogP contribution in [0.3, 0.4) is 0 Å². The predicted octanol–water partition coefficient (Wildman–Crippen LogP) is 9.24. The number of anilines is 1. The summed E-state index contributed by atoms with van der Waals surface area (Å²) >= 11 is 6.21. The molecule has 0 aliphatic heterocycles. The Morgan fingerprint density at radius 3 is 2.33 bits per heavy atom. The molecule has 0 heterocycles. The van der Waals surface area contributed by atoms with Crippen LogP contribution in [0.4, 0.5) is 10.1 Å². The molecule has 1 aliphatic carbocycles. The molecule has 1 saturated carbocycles. The van der Waals surface area contributed by atoms with Gasteiger partial charge >= 0.3 is 5.97 Å². The van der Waals surface area contributed by atoms with Crippen molar-refractivity contribution >= 4 is 23.3 Å². The Labute approximate surface area is 244 Å². The van der Waals surface area contributed by atoms with Crippen molar-refractivity contribution in [3.05, 3.63) is 88.4 Å². The van der Waals surface area contributed by atoms with Gasteiger partial charge in [0.25, 0.3) is 0 Å². The van der Waals surface area contributed by atoms with Crippen molar-refractivity contribution in [3.63, 3.8) is 0 Å². The number of aryl methyl sites for hydroxylation is 1.